The average Bonchev–Trinajstić information content (AvgIpc) is 3.15. The SMILES string of the molecule is Cc1nnc(COC2CN(C(=O)CC3(c4ccccc4)C4CC5CC(C4)CC3C5)C2)o1. The van der Waals surface area contributed by atoms with Gasteiger partial charge in [-0.2, -0.15) is 0 Å². The largest absolute Gasteiger partial charge is 0.423 e. The van der Waals surface area contributed by atoms with E-state index in [0.717, 1.165) is 11.8 Å². The molecule has 1 amide bonds. The number of hydrogen-bond donors (Lipinski definition) is 0. The van der Waals surface area contributed by atoms with Gasteiger partial charge in [0.1, 0.15) is 6.61 Å². The summed E-state index contributed by atoms with van der Waals surface area (Å²) in [6, 6.07) is 11.0. The summed E-state index contributed by atoms with van der Waals surface area (Å²) < 4.78 is 11.2. The van der Waals surface area contributed by atoms with Gasteiger partial charge in [-0.05, 0) is 61.3 Å². The fraction of sp³-hybridized carbons (Fsp3) is 0.640. The lowest BCUT2D eigenvalue weighted by atomic mass is 9.43. The molecule has 7 rings (SSSR count). The number of nitrogens with zero attached hydrogens (tertiary/aromatic N) is 3. The van der Waals surface area contributed by atoms with E-state index in [2.05, 4.69) is 40.5 Å². The first-order valence-corrected chi connectivity index (χ1v) is 11.8. The Hall–Kier alpha value is -2.21. The van der Waals surface area contributed by atoms with E-state index in [4.69, 9.17) is 9.15 Å². The number of benzene rings is 1. The minimum atomic E-state index is 0.0268. The molecule has 0 atom stereocenters. The molecule has 0 N–H and O–H groups in total. The normalized spacial score (nSPS) is 34.2. The lowest BCUT2D eigenvalue weighted by molar-refractivity contribution is -0.153. The number of carbonyl (C=O) groups excluding carboxylic acids is 1. The molecule has 0 spiro atoms. The maximum atomic E-state index is 13.4. The van der Waals surface area contributed by atoms with E-state index in [1.54, 1.807) is 6.92 Å². The molecule has 0 radical (unpaired) electrons. The van der Waals surface area contributed by atoms with Crippen molar-refractivity contribution in [2.24, 2.45) is 23.7 Å². The molecular formula is C25H31N3O3. The number of carbonyl (C=O) groups is 1. The van der Waals surface area contributed by atoms with Crippen molar-refractivity contribution in [3.05, 3.63) is 47.7 Å². The molecule has 4 saturated carbocycles. The first-order chi connectivity index (χ1) is 15.1. The van der Waals surface area contributed by atoms with Crippen LogP contribution in [0.5, 0.6) is 0 Å². The molecule has 4 bridgehead atoms. The number of hydrogen-bond acceptors (Lipinski definition) is 5. The van der Waals surface area contributed by atoms with Crippen LogP contribution in [0.15, 0.2) is 34.7 Å². The van der Waals surface area contributed by atoms with E-state index in [0.29, 0.717) is 55.6 Å². The molecule has 1 aromatic carbocycles. The number of rotatable bonds is 6. The predicted octanol–water partition coefficient (Wildman–Crippen LogP) is 3.89. The number of aromatic nitrogens is 2. The van der Waals surface area contributed by atoms with Crippen LogP contribution in [0.4, 0.5) is 0 Å². The van der Waals surface area contributed by atoms with E-state index in [1.807, 2.05) is 4.90 Å². The molecule has 5 fully saturated rings. The molecule has 1 aliphatic heterocycles. The highest BCUT2D eigenvalue weighted by Gasteiger charge is 2.58. The maximum absolute atomic E-state index is 13.4. The highest BCUT2D eigenvalue weighted by Crippen LogP contribution is 2.64. The van der Waals surface area contributed by atoms with Crippen LogP contribution in [0.3, 0.4) is 0 Å². The van der Waals surface area contributed by atoms with Crippen LogP contribution in [0.25, 0.3) is 0 Å². The summed E-state index contributed by atoms with van der Waals surface area (Å²) in [5.41, 5.74) is 1.43. The molecule has 6 heteroatoms. The lowest BCUT2D eigenvalue weighted by Crippen LogP contribution is -2.60. The second kappa shape index (κ2) is 7.44. The molecule has 0 unspecified atom stereocenters. The highest BCUT2D eigenvalue weighted by atomic mass is 16.5. The third kappa shape index (κ3) is 3.30. The minimum Gasteiger partial charge on any atom is -0.423 e. The van der Waals surface area contributed by atoms with Crippen molar-refractivity contribution in [1.82, 2.24) is 15.1 Å². The molecule has 5 aliphatic rings. The van der Waals surface area contributed by atoms with Gasteiger partial charge in [-0.3, -0.25) is 4.79 Å². The Labute approximate surface area is 183 Å². The van der Waals surface area contributed by atoms with Gasteiger partial charge < -0.3 is 14.1 Å². The Balaban J connectivity index is 1.15. The maximum Gasteiger partial charge on any atom is 0.242 e. The smallest absolute Gasteiger partial charge is 0.242 e. The fourth-order valence-electron chi connectivity index (χ4n) is 7.33. The van der Waals surface area contributed by atoms with Crippen molar-refractivity contribution < 1.29 is 13.9 Å². The lowest BCUT2D eigenvalue weighted by Gasteiger charge is -2.62. The van der Waals surface area contributed by atoms with Crippen molar-refractivity contribution in [3.63, 3.8) is 0 Å². The van der Waals surface area contributed by atoms with Crippen LogP contribution in [0, 0.1) is 30.6 Å². The zero-order valence-electron chi connectivity index (χ0n) is 18.2. The number of aryl methyl sites for hydroxylation is 1. The van der Waals surface area contributed by atoms with Gasteiger partial charge in [-0.25, -0.2) is 0 Å². The summed E-state index contributed by atoms with van der Waals surface area (Å²) >= 11 is 0. The van der Waals surface area contributed by atoms with Crippen LogP contribution in [0.1, 0.15) is 55.9 Å². The van der Waals surface area contributed by atoms with Gasteiger partial charge in [0.2, 0.25) is 17.7 Å². The topological polar surface area (TPSA) is 68.5 Å². The number of ether oxygens (including phenoxy) is 1. The van der Waals surface area contributed by atoms with Gasteiger partial charge in [0.05, 0.1) is 6.10 Å². The fourth-order valence-corrected chi connectivity index (χ4v) is 7.33. The standard InChI is InChI=1S/C25H31N3O3/c1-16-26-27-23(31-16)15-30-22-13-28(14-22)24(29)12-25(19-5-3-2-4-6-19)20-8-17-7-18(10-20)11-21(25)9-17/h2-6,17-18,20-22H,7-15H2,1H3. The third-order valence-corrected chi connectivity index (χ3v) is 8.56. The molecule has 2 heterocycles. The Kier molecular flexibility index (Phi) is 4.67. The molecular weight excluding hydrogens is 390 g/mol. The molecule has 6 nitrogen and oxygen atoms in total. The van der Waals surface area contributed by atoms with Gasteiger partial charge in [-0.15, -0.1) is 10.2 Å². The van der Waals surface area contributed by atoms with E-state index < -0.39 is 0 Å². The Bertz CT molecular complexity index is 922. The van der Waals surface area contributed by atoms with Crippen LogP contribution >= 0.6 is 0 Å². The molecule has 2 aromatic rings. The summed E-state index contributed by atoms with van der Waals surface area (Å²) in [6.45, 7) is 3.41. The van der Waals surface area contributed by atoms with E-state index in [9.17, 15) is 4.79 Å². The monoisotopic (exact) mass is 421 g/mol. The first kappa shape index (κ1) is 19.5. The van der Waals surface area contributed by atoms with Crippen molar-refractivity contribution in [1.29, 1.82) is 0 Å². The molecule has 1 aromatic heterocycles. The van der Waals surface area contributed by atoms with Gasteiger partial charge in [0, 0.05) is 31.8 Å². The van der Waals surface area contributed by atoms with E-state index >= 15 is 0 Å². The number of likely N-dealkylation sites (tertiary alicyclic amines) is 1. The van der Waals surface area contributed by atoms with Crippen molar-refractivity contribution in [2.45, 2.75) is 63.6 Å². The number of amides is 1. The minimum absolute atomic E-state index is 0.0268. The van der Waals surface area contributed by atoms with Crippen molar-refractivity contribution in [2.75, 3.05) is 13.1 Å². The summed E-state index contributed by atoms with van der Waals surface area (Å²) in [6.07, 6.45) is 7.38. The summed E-state index contributed by atoms with van der Waals surface area (Å²) in [5.74, 6) is 4.44. The van der Waals surface area contributed by atoms with Gasteiger partial charge in [0.25, 0.3) is 0 Å². The highest BCUT2D eigenvalue weighted by molar-refractivity contribution is 5.79. The van der Waals surface area contributed by atoms with E-state index in [-0.39, 0.29) is 11.5 Å². The quantitative estimate of drug-likeness (QED) is 0.708. The third-order valence-electron chi connectivity index (χ3n) is 8.56. The van der Waals surface area contributed by atoms with E-state index in [1.165, 1.54) is 37.7 Å². The zero-order valence-corrected chi connectivity index (χ0v) is 18.2. The van der Waals surface area contributed by atoms with Crippen molar-refractivity contribution >= 4 is 5.91 Å². The molecule has 31 heavy (non-hydrogen) atoms. The van der Waals surface area contributed by atoms with Crippen molar-refractivity contribution in [3.8, 4) is 0 Å². The van der Waals surface area contributed by atoms with Crippen LogP contribution in [-0.4, -0.2) is 40.2 Å². The summed E-state index contributed by atoms with van der Waals surface area (Å²) in [5, 5.41) is 7.80. The second-order valence-corrected chi connectivity index (χ2v) is 10.3. The summed E-state index contributed by atoms with van der Waals surface area (Å²) in [7, 11) is 0. The average molecular weight is 422 g/mol. The Morgan fingerprint density at radius 3 is 2.35 bits per heavy atom. The van der Waals surface area contributed by atoms with Crippen LogP contribution in [-0.2, 0) is 21.6 Å². The Morgan fingerprint density at radius 1 is 1.06 bits per heavy atom. The predicted molar refractivity (Wildman–Crippen MR) is 114 cm³/mol. The van der Waals surface area contributed by atoms with Gasteiger partial charge in [0.15, 0.2) is 0 Å². The first-order valence-electron chi connectivity index (χ1n) is 11.8. The summed E-state index contributed by atoms with van der Waals surface area (Å²) in [4.78, 5) is 15.4. The van der Waals surface area contributed by atoms with Crippen LogP contribution in [0.2, 0.25) is 0 Å². The second-order valence-electron chi connectivity index (χ2n) is 10.3. The molecule has 1 saturated heterocycles. The van der Waals surface area contributed by atoms with Crippen LogP contribution < -0.4 is 0 Å². The zero-order chi connectivity index (χ0) is 21.0. The van der Waals surface area contributed by atoms with Gasteiger partial charge in [-0.1, -0.05) is 30.3 Å². The Morgan fingerprint density at radius 2 is 1.74 bits per heavy atom. The molecule has 4 aliphatic carbocycles. The molecule has 164 valence electrons. The van der Waals surface area contributed by atoms with Gasteiger partial charge >= 0.3 is 0 Å².